The monoisotopic (exact) mass is 886 g/mol. The molecule has 1 N–H and O–H groups in total. The van der Waals surface area contributed by atoms with Gasteiger partial charge in [-0.3, -0.25) is 4.79 Å². The summed E-state index contributed by atoms with van der Waals surface area (Å²) in [5.41, 5.74) is 3.73. The average Bonchev–Trinajstić information content (AvgIpc) is 3.60. The van der Waals surface area contributed by atoms with Crippen LogP contribution in [0.4, 0.5) is 0 Å². The van der Waals surface area contributed by atoms with E-state index in [1.807, 2.05) is 121 Å². The van der Waals surface area contributed by atoms with Crippen molar-refractivity contribution in [1.82, 2.24) is 0 Å². The Balaban J connectivity index is 1.45. The van der Waals surface area contributed by atoms with E-state index in [0.717, 1.165) is 22.3 Å². The Bertz CT molecular complexity index is 1890. The molecule has 1 saturated heterocycles. The van der Waals surface area contributed by atoms with Crippen LogP contribution in [0.1, 0.15) is 62.8 Å². The van der Waals surface area contributed by atoms with Crippen molar-refractivity contribution >= 4 is 20.1 Å². The number of carbonyl (C=O) groups excluding carboxylic acids is 2. The number of rotatable bonds is 27. The molecule has 1 heterocycles. The van der Waals surface area contributed by atoms with Crippen LogP contribution < -0.4 is 0 Å². The molecule has 63 heavy (non-hydrogen) atoms. The maximum absolute atomic E-state index is 13.3. The van der Waals surface area contributed by atoms with Gasteiger partial charge in [0, 0.05) is 6.42 Å². The summed E-state index contributed by atoms with van der Waals surface area (Å²) in [6.45, 7) is 12.5. The maximum atomic E-state index is 13.3. The molecule has 13 heteroatoms. The molecule has 0 aliphatic carbocycles. The minimum absolute atomic E-state index is 0.0341. The highest BCUT2D eigenvalue weighted by molar-refractivity contribution is 6.74. The first-order chi connectivity index (χ1) is 30.3. The van der Waals surface area contributed by atoms with Gasteiger partial charge in [-0.05, 0) is 47.3 Å². The molecule has 0 spiro atoms. The minimum atomic E-state index is -2.31. The van der Waals surface area contributed by atoms with Crippen molar-refractivity contribution in [3.63, 3.8) is 0 Å². The van der Waals surface area contributed by atoms with E-state index in [1.165, 1.54) is 6.92 Å². The summed E-state index contributed by atoms with van der Waals surface area (Å²) in [5, 5.41) is 10.8. The fourth-order valence-corrected chi connectivity index (χ4v) is 7.60. The van der Waals surface area contributed by atoms with Crippen molar-refractivity contribution in [2.24, 2.45) is 0 Å². The molecule has 1 aliphatic heterocycles. The molecule has 4 aromatic rings. The van der Waals surface area contributed by atoms with Crippen molar-refractivity contribution in [1.29, 1.82) is 0 Å². The summed E-state index contributed by atoms with van der Waals surface area (Å²) in [4.78, 5) is 25.2. The highest BCUT2D eigenvalue weighted by Crippen LogP contribution is 2.38. The third-order valence-corrected chi connectivity index (χ3v) is 15.8. The van der Waals surface area contributed by atoms with E-state index in [9.17, 15) is 14.7 Å². The van der Waals surface area contributed by atoms with Crippen LogP contribution in [0.25, 0.3) is 0 Å². The zero-order valence-corrected chi connectivity index (χ0v) is 38.6. The number of ketones is 1. The molecule has 0 saturated carbocycles. The summed E-state index contributed by atoms with van der Waals surface area (Å²) >= 11 is 0. The molecule has 342 valence electrons. The van der Waals surface area contributed by atoms with Crippen LogP contribution in [-0.2, 0) is 78.3 Å². The minimum Gasteiger partial charge on any atom is -0.456 e. The number of ether oxygens (including phenoxy) is 8. The first-order valence-corrected chi connectivity index (χ1v) is 24.6. The van der Waals surface area contributed by atoms with Gasteiger partial charge in [-0.2, -0.15) is 0 Å². The van der Waals surface area contributed by atoms with Gasteiger partial charge in [0.15, 0.2) is 26.8 Å². The van der Waals surface area contributed by atoms with E-state index < -0.39 is 57.2 Å². The molecule has 12 nitrogen and oxygen atoms in total. The van der Waals surface area contributed by atoms with Gasteiger partial charge >= 0.3 is 5.97 Å². The van der Waals surface area contributed by atoms with Crippen molar-refractivity contribution in [2.45, 2.75) is 128 Å². The topological polar surface area (TPSA) is 137 Å². The lowest BCUT2D eigenvalue weighted by atomic mass is 10.1. The number of Topliss-reactive ketones (excluding diaryl/α,β-unsaturated/α-hetero) is 1. The zero-order valence-electron chi connectivity index (χ0n) is 37.6. The average molecular weight is 887 g/mol. The van der Waals surface area contributed by atoms with E-state index in [2.05, 4.69) is 33.9 Å². The quantitative estimate of drug-likeness (QED) is 0.0267. The van der Waals surface area contributed by atoms with Gasteiger partial charge in [-0.25, -0.2) is 0 Å². The van der Waals surface area contributed by atoms with Gasteiger partial charge < -0.3 is 52.2 Å². The van der Waals surface area contributed by atoms with Crippen LogP contribution in [0.15, 0.2) is 121 Å². The summed E-state index contributed by atoms with van der Waals surface area (Å²) in [6.07, 6.45) is -6.41. The molecule has 0 bridgehead atoms. The number of carbonyl (C=O) groups is 2. The fraction of sp³-hybridized carbons (Fsp3) is 0.480. The summed E-state index contributed by atoms with van der Waals surface area (Å²) in [7, 11) is -2.31. The summed E-state index contributed by atoms with van der Waals surface area (Å²) < 4.78 is 58.1. The van der Waals surface area contributed by atoms with Crippen molar-refractivity contribution < 1.29 is 57.0 Å². The Morgan fingerprint density at radius 1 is 0.667 bits per heavy atom. The highest BCUT2D eigenvalue weighted by atomic mass is 28.4. The zero-order chi connectivity index (χ0) is 45.1. The molecular weight excluding hydrogens is 821 g/mol. The SMILES string of the molecule is CC(=O)CCC(=O)O[C@H]1[C@@H](OCOCc2ccccc2)[C@H](OC[C@H](OCc2ccccc2)[C@H](OCc2ccccc2)[C@@H](CO)OCc2ccccc2)O[C@@H]1CO[Si](C)(C)C(C)(C)C. The van der Waals surface area contributed by atoms with Crippen LogP contribution in [0.3, 0.4) is 0 Å². The molecule has 0 amide bonds. The van der Waals surface area contributed by atoms with Gasteiger partial charge in [-0.1, -0.05) is 142 Å². The Kier molecular flexibility index (Phi) is 20.1. The molecule has 0 aromatic heterocycles. The predicted molar refractivity (Wildman–Crippen MR) is 241 cm³/mol. The van der Waals surface area contributed by atoms with E-state index in [1.54, 1.807) is 0 Å². The van der Waals surface area contributed by atoms with Crippen LogP contribution >= 0.6 is 0 Å². The van der Waals surface area contributed by atoms with Crippen LogP contribution in [0, 0.1) is 0 Å². The summed E-state index contributed by atoms with van der Waals surface area (Å²) in [6, 6.07) is 38.9. The molecule has 5 rings (SSSR count). The second-order valence-electron chi connectivity index (χ2n) is 17.3. The van der Waals surface area contributed by atoms with Gasteiger partial charge in [-0.15, -0.1) is 0 Å². The van der Waals surface area contributed by atoms with Gasteiger partial charge in [0.05, 0.1) is 52.7 Å². The number of aliphatic hydroxyl groups is 1. The number of hydrogen-bond acceptors (Lipinski definition) is 12. The number of aliphatic hydroxyl groups excluding tert-OH is 1. The smallest absolute Gasteiger partial charge is 0.306 e. The first kappa shape index (κ1) is 49.9. The fourth-order valence-electron chi connectivity index (χ4n) is 6.59. The highest BCUT2D eigenvalue weighted by Gasteiger charge is 2.51. The number of esters is 1. The van der Waals surface area contributed by atoms with Crippen LogP contribution in [-0.4, -0.2) is 94.7 Å². The van der Waals surface area contributed by atoms with E-state index in [-0.39, 0.29) is 76.7 Å². The predicted octanol–water partition coefficient (Wildman–Crippen LogP) is 8.34. The Morgan fingerprint density at radius 3 is 1.65 bits per heavy atom. The molecule has 7 atom stereocenters. The molecule has 1 aliphatic rings. The number of benzene rings is 4. The third-order valence-electron chi connectivity index (χ3n) is 11.3. The van der Waals surface area contributed by atoms with Crippen molar-refractivity contribution in [2.75, 3.05) is 26.6 Å². The summed E-state index contributed by atoms with van der Waals surface area (Å²) in [5.74, 6) is -0.703. The lowest BCUT2D eigenvalue weighted by molar-refractivity contribution is -0.231. The lowest BCUT2D eigenvalue weighted by Gasteiger charge is -2.37. The molecule has 4 aromatic carbocycles. The van der Waals surface area contributed by atoms with E-state index in [0.29, 0.717) is 0 Å². The van der Waals surface area contributed by atoms with Crippen LogP contribution in [0.2, 0.25) is 18.1 Å². The Hall–Kier alpha value is -4.12. The number of hydrogen-bond donors (Lipinski definition) is 1. The largest absolute Gasteiger partial charge is 0.456 e. The van der Waals surface area contributed by atoms with E-state index >= 15 is 0 Å². The van der Waals surface area contributed by atoms with Crippen LogP contribution in [0.5, 0.6) is 0 Å². The third kappa shape index (κ3) is 16.4. The first-order valence-electron chi connectivity index (χ1n) is 21.7. The maximum Gasteiger partial charge on any atom is 0.306 e. The van der Waals surface area contributed by atoms with E-state index in [4.69, 9.17) is 42.3 Å². The molecule has 1 fully saturated rings. The second-order valence-corrected chi connectivity index (χ2v) is 22.1. The molecule has 0 radical (unpaired) electrons. The normalized spacial score (nSPS) is 19.3. The standard InChI is InChI=1S/C50H66O12Si/c1-37(52)27-28-45(53)62-47-44(35-60-63(5,6)50(2,3)4)61-49(48(47)59-36-54-30-38-19-11-7-12-20-38)58-34-43(56-32-40-23-15-9-16-24-40)46(57-33-41-25-17-10-18-26-41)42(29-51)55-31-39-21-13-8-14-22-39/h7-26,42-44,46-49,51H,27-36H2,1-6H3/t42-,43+,44-,46-,47-,48-,49-/m1/s1. The van der Waals surface area contributed by atoms with Crippen molar-refractivity contribution in [3.05, 3.63) is 144 Å². The molecular formula is C50H66O12Si. The van der Waals surface area contributed by atoms with Gasteiger partial charge in [0.25, 0.3) is 0 Å². The second kappa shape index (κ2) is 25.4. The Labute approximate surface area is 374 Å². The van der Waals surface area contributed by atoms with Crippen molar-refractivity contribution in [3.8, 4) is 0 Å². The van der Waals surface area contributed by atoms with Gasteiger partial charge in [0.1, 0.15) is 37.0 Å². The van der Waals surface area contributed by atoms with Gasteiger partial charge in [0.2, 0.25) is 0 Å². The Morgan fingerprint density at radius 2 is 1.16 bits per heavy atom. The molecule has 0 unspecified atom stereocenters. The lowest BCUT2D eigenvalue weighted by Crippen LogP contribution is -2.48.